The van der Waals surface area contributed by atoms with E-state index in [2.05, 4.69) is 83.4 Å². The molecule has 11 rings (SSSR count). The summed E-state index contributed by atoms with van der Waals surface area (Å²) >= 11 is 1.80. The quantitative estimate of drug-likeness (QED) is 0.240. The zero-order valence-corrected chi connectivity index (χ0v) is 32.9. The summed E-state index contributed by atoms with van der Waals surface area (Å²) in [5, 5.41) is 6.63. The molecule has 0 amide bonds. The number of hydrogen-bond acceptors (Lipinski definition) is 5. The number of thiophene rings is 1. The zero-order chi connectivity index (χ0) is 42.2. The molecule has 258 valence electrons. The lowest BCUT2D eigenvalue weighted by atomic mass is 9.60. The predicted molar refractivity (Wildman–Crippen MR) is 265 cm³/mol. The van der Waals surface area contributed by atoms with Gasteiger partial charge in [0.05, 0.1) is 15.7 Å². The van der Waals surface area contributed by atoms with Crippen molar-refractivity contribution in [2.75, 3.05) is 0 Å². The van der Waals surface area contributed by atoms with Crippen molar-refractivity contribution in [1.82, 2.24) is 19.5 Å². The molecule has 0 spiro atoms. The van der Waals surface area contributed by atoms with Crippen LogP contribution in [0.3, 0.4) is 0 Å². The van der Waals surface area contributed by atoms with Gasteiger partial charge < -0.3 is 8.98 Å². The van der Waals surface area contributed by atoms with E-state index in [-0.39, 0.29) is 83.2 Å². The molecule has 0 saturated heterocycles. The summed E-state index contributed by atoms with van der Waals surface area (Å²) in [5.74, 6) is 0.199. The van der Waals surface area contributed by atoms with Crippen LogP contribution in [0.2, 0.25) is 0 Å². The first-order valence-electron chi connectivity index (χ1n) is 19.0. The summed E-state index contributed by atoms with van der Waals surface area (Å²) in [6.45, 7) is 0. The van der Waals surface area contributed by atoms with Crippen LogP contribution in [0.5, 0.6) is 0 Å². The van der Waals surface area contributed by atoms with Crippen LogP contribution in [-0.2, 0) is 0 Å². The molecule has 4 aromatic heterocycles. The summed E-state index contributed by atoms with van der Waals surface area (Å²) in [5.41, 5.74) is 5.51. The van der Waals surface area contributed by atoms with Crippen LogP contribution in [0.4, 0.5) is 0 Å². The van der Waals surface area contributed by atoms with Crippen molar-refractivity contribution >= 4 is 208 Å². The first kappa shape index (κ1) is 38.0. The van der Waals surface area contributed by atoms with Crippen LogP contribution < -0.4 is 54.6 Å². The first-order chi connectivity index (χ1) is 29.4. The smallest absolute Gasteiger partial charge is 0.164 e. The van der Waals surface area contributed by atoms with Crippen molar-refractivity contribution in [2.24, 2.45) is 0 Å². The zero-order valence-electron chi connectivity index (χ0n) is 32.1. The molecule has 4 heterocycles. The van der Waals surface area contributed by atoms with Gasteiger partial charge in [0.25, 0.3) is 0 Å². The minimum absolute atomic E-state index is 0.00873. The van der Waals surface area contributed by atoms with Crippen molar-refractivity contribution in [3.8, 4) is 39.9 Å². The normalized spacial score (nSPS) is 11.9. The second-order valence-corrected chi connectivity index (χ2v) is 16.0. The Morgan fingerprint density at radius 2 is 0.918 bits per heavy atom. The molecule has 20 radical (unpaired) electrons. The molecule has 0 fully saturated rings. The second kappa shape index (κ2) is 13.8. The summed E-state index contributed by atoms with van der Waals surface area (Å²) in [6, 6.07) is 33.4. The number of furan rings is 1. The first-order valence-corrected chi connectivity index (χ1v) is 19.8. The molecule has 0 aliphatic heterocycles. The van der Waals surface area contributed by atoms with Gasteiger partial charge in [-0.15, -0.1) is 44.1 Å². The van der Waals surface area contributed by atoms with Crippen LogP contribution >= 0.6 is 11.3 Å². The number of fused-ring (bicyclic) bond motifs is 10. The van der Waals surface area contributed by atoms with E-state index in [0.29, 0.717) is 16.7 Å². The van der Waals surface area contributed by atoms with Crippen LogP contribution in [0.25, 0.3) is 104 Å². The maximum atomic E-state index is 6.65. The Labute approximate surface area is 367 Å². The summed E-state index contributed by atoms with van der Waals surface area (Å²) in [6.07, 6.45) is 0. The van der Waals surface area contributed by atoms with Crippen molar-refractivity contribution in [3.05, 3.63) is 97.1 Å². The molecular weight excluding hydrogens is 753 g/mol. The van der Waals surface area contributed by atoms with E-state index in [9.17, 15) is 0 Å². The predicted octanol–water partition coefficient (Wildman–Crippen LogP) is 0.175. The Hall–Kier alpha value is -5.98. The Morgan fingerprint density at radius 1 is 0.426 bits per heavy atom. The third kappa shape index (κ3) is 5.50. The molecule has 0 N–H and O–H groups in total. The molecule has 7 aromatic carbocycles. The number of nitrogens with zero attached hydrogens (tertiary/aromatic N) is 4. The largest absolute Gasteiger partial charge is 0.456 e. The van der Waals surface area contributed by atoms with Crippen LogP contribution in [0.15, 0.2) is 101 Å². The Morgan fingerprint density at radius 3 is 1.56 bits per heavy atom. The fraction of sp³-hybridized carbons (Fsp3) is 0. The Bertz CT molecular complexity index is 3600. The van der Waals surface area contributed by atoms with Crippen molar-refractivity contribution in [1.29, 1.82) is 0 Å². The molecule has 0 saturated carbocycles. The Balaban J connectivity index is 1.11. The van der Waals surface area contributed by atoms with Crippen LogP contribution in [-0.4, -0.2) is 98.0 Å². The lowest BCUT2D eigenvalue weighted by Gasteiger charge is -2.22. The molecule has 16 heteroatoms. The molecule has 0 aliphatic rings. The van der Waals surface area contributed by atoms with Gasteiger partial charge in [-0.2, -0.15) is 0 Å². The fourth-order valence-corrected chi connectivity index (χ4v) is 9.69. The monoisotopic (exact) mass is 770 g/mol. The average molecular weight is 769 g/mol. The van der Waals surface area contributed by atoms with Gasteiger partial charge in [0.1, 0.15) is 89.6 Å². The van der Waals surface area contributed by atoms with E-state index < -0.39 is 0 Å². The van der Waals surface area contributed by atoms with E-state index in [1.165, 1.54) is 30.9 Å². The highest BCUT2D eigenvalue weighted by Gasteiger charge is 2.23. The Kier molecular flexibility index (Phi) is 8.57. The third-order valence-electron chi connectivity index (χ3n) is 11.6. The molecule has 11 aromatic rings. The number of para-hydroxylation sites is 1. The average Bonchev–Trinajstić information content (AvgIpc) is 3.95. The minimum Gasteiger partial charge on any atom is -0.456 e. The maximum Gasteiger partial charge on any atom is 0.164 e. The summed E-state index contributed by atoms with van der Waals surface area (Å²) in [7, 11) is 63.3. The highest BCUT2D eigenvalue weighted by Crippen LogP contribution is 2.43. The number of benzene rings is 7. The number of hydrogen-bond donors (Lipinski definition) is 0. The second-order valence-electron chi connectivity index (χ2n) is 15.0. The topological polar surface area (TPSA) is 56.7 Å². The van der Waals surface area contributed by atoms with E-state index in [4.69, 9.17) is 97.8 Å². The van der Waals surface area contributed by atoms with Crippen molar-refractivity contribution in [2.45, 2.75) is 0 Å². The van der Waals surface area contributed by atoms with Crippen LogP contribution in [0.1, 0.15) is 0 Å². The number of aromatic nitrogens is 4. The van der Waals surface area contributed by atoms with E-state index in [0.717, 1.165) is 27.5 Å². The van der Waals surface area contributed by atoms with Gasteiger partial charge in [-0.25, -0.2) is 15.0 Å². The van der Waals surface area contributed by atoms with Gasteiger partial charge in [0, 0.05) is 65.5 Å². The van der Waals surface area contributed by atoms with Gasteiger partial charge >= 0.3 is 0 Å². The van der Waals surface area contributed by atoms with E-state index in [1.807, 2.05) is 18.2 Å². The lowest BCUT2D eigenvalue weighted by Crippen LogP contribution is -2.55. The third-order valence-corrected chi connectivity index (χ3v) is 12.8. The standard InChI is InChI=1S/C45H16B10N4OS/c46-31-29(32(47)36(51)39(54)35(31)50)44-56-43(57-45(58-44)30-33(48)37(52)40(55)38(53)34(30)49)17-9-11-20-21-12-10-18(16-27(21)60-26(20)15-17)59-25-7-3-1-5-19(25)23-13-14-24-22-6-2-4-8-28(22)61-42(24)41(23)59/h1-16H. The van der Waals surface area contributed by atoms with Gasteiger partial charge in [-0.05, 0) is 36.4 Å². The van der Waals surface area contributed by atoms with Crippen molar-refractivity contribution < 1.29 is 4.42 Å². The van der Waals surface area contributed by atoms with Gasteiger partial charge in [0.15, 0.2) is 17.5 Å². The molecule has 0 atom stereocenters. The molecule has 5 nitrogen and oxygen atoms in total. The highest BCUT2D eigenvalue weighted by molar-refractivity contribution is 7.26. The SMILES string of the molecule is [B]c1c([B])c([B])c(-c2nc(-c3ccc4c(c3)oc3cc(-n5c6ccccc6c6ccc7c8ccccc8sc7c65)ccc34)nc(-c3c([B])c([B])c([B])c([B])c3[B])n2)c([B])c1[B]. The van der Waals surface area contributed by atoms with Gasteiger partial charge in [-0.3, -0.25) is 0 Å². The molecule has 0 unspecified atom stereocenters. The van der Waals surface area contributed by atoms with Crippen LogP contribution in [0, 0.1) is 0 Å². The molecular formula is C45H16B10N4OS. The van der Waals surface area contributed by atoms with Gasteiger partial charge in [0.2, 0.25) is 0 Å². The van der Waals surface area contributed by atoms with E-state index >= 15 is 0 Å². The highest BCUT2D eigenvalue weighted by atomic mass is 32.1. The minimum atomic E-state index is 0.00873. The fourth-order valence-electron chi connectivity index (χ4n) is 8.45. The molecule has 0 bridgehead atoms. The number of rotatable bonds is 4. The summed E-state index contributed by atoms with van der Waals surface area (Å²) < 4.78 is 11.4. The van der Waals surface area contributed by atoms with Gasteiger partial charge in [-0.1, -0.05) is 76.4 Å². The summed E-state index contributed by atoms with van der Waals surface area (Å²) in [4.78, 5) is 14.3. The maximum absolute atomic E-state index is 6.65. The van der Waals surface area contributed by atoms with Crippen molar-refractivity contribution in [3.63, 3.8) is 0 Å². The lowest BCUT2D eigenvalue weighted by molar-refractivity contribution is 0.668. The molecule has 0 aliphatic carbocycles. The molecule has 61 heavy (non-hydrogen) atoms. The van der Waals surface area contributed by atoms with E-state index in [1.54, 1.807) is 11.3 Å².